The number of aliphatic imine (C=N–C) groups is 1. The second-order valence-corrected chi connectivity index (χ2v) is 6.29. The standard InChI is InChI=1S/C13H21ClN6O/c1-20(2)6-4-3-5-8(20)7-17-13(21)9-11(15)19-12(16)10(14)18-9/h8H,3-7H2,1-2H3,(H4-,15,16,17,19,21)/t8-/m0/s1. The minimum Gasteiger partial charge on any atom is -0.857 e. The lowest BCUT2D eigenvalue weighted by Crippen LogP contribution is -2.53. The molecule has 1 atom stereocenters. The molecule has 0 spiro atoms. The second kappa shape index (κ2) is 6.03. The average Bonchev–Trinajstić information content (AvgIpc) is 2.41. The molecule has 21 heavy (non-hydrogen) atoms. The van der Waals surface area contributed by atoms with Crippen molar-refractivity contribution in [3.8, 4) is 0 Å². The van der Waals surface area contributed by atoms with Crippen LogP contribution in [0.5, 0.6) is 0 Å². The van der Waals surface area contributed by atoms with Crippen LogP contribution in [0.4, 0.5) is 11.6 Å². The van der Waals surface area contributed by atoms with Crippen LogP contribution in [0.1, 0.15) is 25.0 Å². The van der Waals surface area contributed by atoms with Gasteiger partial charge >= 0.3 is 0 Å². The summed E-state index contributed by atoms with van der Waals surface area (Å²) in [6, 6.07) is 0.334. The Morgan fingerprint density at radius 3 is 2.71 bits per heavy atom. The van der Waals surface area contributed by atoms with E-state index in [1.54, 1.807) is 0 Å². The highest BCUT2D eigenvalue weighted by Crippen LogP contribution is 2.22. The maximum absolute atomic E-state index is 12.1. The van der Waals surface area contributed by atoms with Crippen LogP contribution in [0.15, 0.2) is 4.99 Å². The molecule has 0 aromatic carbocycles. The zero-order chi connectivity index (χ0) is 15.6. The summed E-state index contributed by atoms with van der Waals surface area (Å²) in [5.41, 5.74) is 11.1. The number of likely N-dealkylation sites (tertiary alicyclic amines) is 1. The Morgan fingerprint density at radius 2 is 2.05 bits per heavy atom. The molecule has 1 saturated heterocycles. The Labute approximate surface area is 129 Å². The predicted molar refractivity (Wildman–Crippen MR) is 81.9 cm³/mol. The van der Waals surface area contributed by atoms with Crippen LogP contribution in [0.3, 0.4) is 0 Å². The van der Waals surface area contributed by atoms with Crippen LogP contribution in [0, 0.1) is 0 Å². The molecule has 8 heteroatoms. The molecule has 116 valence electrons. The van der Waals surface area contributed by atoms with Gasteiger partial charge < -0.3 is 21.1 Å². The summed E-state index contributed by atoms with van der Waals surface area (Å²) in [5, 5.41) is 12.1. The Morgan fingerprint density at radius 1 is 1.33 bits per heavy atom. The van der Waals surface area contributed by atoms with Crippen LogP contribution < -0.4 is 16.6 Å². The molecule has 2 rings (SSSR count). The molecule has 1 aromatic heterocycles. The molecule has 2 heterocycles. The normalized spacial score (nSPS) is 22.2. The highest BCUT2D eigenvalue weighted by molar-refractivity contribution is 6.31. The second-order valence-electron chi connectivity index (χ2n) is 5.93. The topological polar surface area (TPSA) is 113 Å². The van der Waals surface area contributed by atoms with E-state index in [1.807, 2.05) is 0 Å². The minimum atomic E-state index is -0.493. The van der Waals surface area contributed by atoms with Gasteiger partial charge in [0.2, 0.25) is 0 Å². The molecule has 0 amide bonds. The third-order valence-corrected chi connectivity index (χ3v) is 4.34. The quantitative estimate of drug-likeness (QED) is 0.464. The van der Waals surface area contributed by atoms with Gasteiger partial charge in [0, 0.05) is 12.3 Å². The molecule has 0 unspecified atom stereocenters. The molecule has 1 aliphatic heterocycles. The van der Waals surface area contributed by atoms with Crippen LogP contribution in [0.2, 0.25) is 5.15 Å². The van der Waals surface area contributed by atoms with Crippen LogP contribution in [-0.4, -0.2) is 53.6 Å². The van der Waals surface area contributed by atoms with Gasteiger partial charge in [0.05, 0.1) is 27.2 Å². The van der Waals surface area contributed by atoms with Gasteiger partial charge in [0.15, 0.2) is 16.8 Å². The first-order chi connectivity index (χ1) is 9.81. The van der Waals surface area contributed by atoms with Gasteiger partial charge in [-0.15, -0.1) is 0 Å². The molecule has 1 fully saturated rings. The van der Waals surface area contributed by atoms with Gasteiger partial charge in [-0.25, -0.2) is 9.97 Å². The molecule has 0 bridgehead atoms. The van der Waals surface area contributed by atoms with Gasteiger partial charge in [-0.2, -0.15) is 0 Å². The summed E-state index contributed by atoms with van der Waals surface area (Å²) >= 11 is 5.77. The van der Waals surface area contributed by atoms with E-state index in [0.717, 1.165) is 17.4 Å². The van der Waals surface area contributed by atoms with E-state index < -0.39 is 5.90 Å². The maximum Gasteiger partial charge on any atom is 0.172 e. The molecule has 0 aliphatic carbocycles. The fourth-order valence-corrected chi connectivity index (χ4v) is 2.73. The van der Waals surface area contributed by atoms with Crippen molar-refractivity contribution in [1.29, 1.82) is 0 Å². The number of nitrogen functional groups attached to an aromatic ring is 2. The predicted octanol–water partition coefficient (Wildman–Crippen LogP) is 0.0302. The minimum absolute atomic E-state index is 0.01000. The van der Waals surface area contributed by atoms with Crippen LogP contribution >= 0.6 is 11.6 Å². The molecule has 1 aliphatic rings. The average molecular weight is 313 g/mol. The number of likely N-dealkylation sites (N-methyl/N-ethyl adjacent to an activating group) is 1. The van der Waals surface area contributed by atoms with Crippen molar-refractivity contribution in [1.82, 2.24) is 9.97 Å². The number of halogens is 1. The highest BCUT2D eigenvalue weighted by Gasteiger charge is 2.30. The Hall–Kier alpha value is -1.60. The van der Waals surface area contributed by atoms with Gasteiger partial charge in [-0.05, 0) is 12.8 Å². The number of nitrogens with zero attached hydrogens (tertiary/aromatic N) is 4. The Bertz CT molecular complexity index is 560. The van der Waals surface area contributed by atoms with E-state index in [0.29, 0.717) is 12.6 Å². The summed E-state index contributed by atoms with van der Waals surface area (Å²) < 4.78 is 0.875. The van der Waals surface area contributed by atoms with Gasteiger partial charge in [-0.3, -0.25) is 4.99 Å². The first kappa shape index (κ1) is 15.8. The Kier molecular flexibility index (Phi) is 4.53. The zero-order valence-electron chi connectivity index (χ0n) is 12.3. The van der Waals surface area contributed by atoms with Gasteiger partial charge in [0.1, 0.15) is 11.7 Å². The fraction of sp³-hybridized carbons (Fsp3) is 0.615. The van der Waals surface area contributed by atoms with Crippen molar-refractivity contribution in [3.63, 3.8) is 0 Å². The molecule has 4 N–H and O–H groups in total. The number of hydrogen-bond acceptors (Lipinski definition) is 6. The first-order valence-electron chi connectivity index (χ1n) is 6.94. The van der Waals surface area contributed by atoms with Crippen molar-refractivity contribution in [3.05, 3.63) is 10.8 Å². The lowest BCUT2D eigenvalue weighted by Gasteiger charge is -2.41. The first-order valence-corrected chi connectivity index (χ1v) is 7.32. The van der Waals surface area contributed by atoms with E-state index in [2.05, 4.69) is 29.1 Å². The summed E-state index contributed by atoms with van der Waals surface area (Å²) in [7, 11) is 4.33. The largest absolute Gasteiger partial charge is 0.857 e. The van der Waals surface area contributed by atoms with Crippen molar-refractivity contribution in [2.75, 3.05) is 38.7 Å². The molecule has 7 nitrogen and oxygen atoms in total. The highest BCUT2D eigenvalue weighted by atomic mass is 35.5. The van der Waals surface area contributed by atoms with E-state index in [-0.39, 0.29) is 22.5 Å². The summed E-state index contributed by atoms with van der Waals surface area (Å²) in [4.78, 5) is 11.8. The molecule has 0 radical (unpaired) electrons. The van der Waals surface area contributed by atoms with E-state index >= 15 is 0 Å². The number of rotatable bonds is 3. The van der Waals surface area contributed by atoms with Crippen molar-refractivity contribution >= 4 is 29.1 Å². The molecular weight excluding hydrogens is 292 g/mol. The van der Waals surface area contributed by atoms with E-state index in [4.69, 9.17) is 23.1 Å². The lowest BCUT2D eigenvalue weighted by atomic mass is 10.0. The van der Waals surface area contributed by atoms with E-state index in [9.17, 15) is 5.11 Å². The molecule has 0 saturated carbocycles. The maximum atomic E-state index is 12.1. The fourth-order valence-electron chi connectivity index (χ4n) is 2.61. The third-order valence-electron chi connectivity index (χ3n) is 4.06. The lowest BCUT2D eigenvalue weighted by molar-refractivity contribution is -0.918. The number of anilines is 2. The summed E-state index contributed by atoms with van der Waals surface area (Å²) in [6.45, 7) is 1.55. The molecular formula is C13H21ClN6O. The number of hydrogen-bond donors (Lipinski definition) is 2. The summed E-state index contributed by atoms with van der Waals surface area (Å²) in [5.74, 6) is -0.522. The van der Waals surface area contributed by atoms with Crippen LogP contribution in [-0.2, 0) is 0 Å². The smallest absolute Gasteiger partial charge is 0.172 e. The monoisotopic (exact) mass is 312 g/mol. The van der Waals surface area contributed by atoms with Crippen molar-refractivity contribution in [2.45, 2.75) is 25.3 Å². The van der Waals surface area contributed by atoms with Gasteiger partial charge in [0.25, 0.3) is 0 Å². The molecule has 1 aromatic rings. The number of piperidine rings is 1. The number of nitrogens with two attached hydrogens (primary N) is 2. The number of quaternary nitrogens is 1. The van der Waals surface area contributed by atoms with E-state index in [1.165, 1.54) is 12.8 Å². The number of aromatic nitrogens is 2. The SMILES string of the molecule is C[N+]1(C)CCCC[C@H]1CN=C([O-])c1nc(Cl)c(N)nc1N. The van der Waals surface area contributed by atoms with Crippen LogP contribution in [0.25, 0.3) is 0 Å². The van der Waals surface area contributed by atoms with Crippen molar-refractivity contribution < 1.29 is 9.59 Å². The van der Waals surface area contributed by atoms with Crippen molar-refractivity contribution in [2.24, 2.45) is 4.99 Å². The Balaban J connectivity index is 2.16. The zero-order valence-corrected chi connectivity index (χ0v) is 13.1. The third kappa shape index (κ3) is 3.54. The summed E-state index contributed by atoms with van der Waals surface area (Å²) in [6.07, 6.45) is 3.45. The van der Waals surface area contributed by atoms with Gasteiger partial charge in [-0.1, -0.05) is 11.6 Å².